The quantitative estimate of drug-likeness (QED) is 0.177. The summed E-state index contributed by atoms with van der Waals surface area (Å²) in [6.07, 6.45) is -3.93. The van der Waals surface area contributed by atoms with Crippen molar-refractivity contribution in [3.8, 4) is 11.1 Å². The molecule has 1 fully saturated rings. The predicted molar refractivity (Wildman–Crippen MR) is 162 cm³/mol. The third-order valence-corrected chi connectivity index (χ3v) is 7.42. The molecule has 2 amide bonds. The normalized spacial score (nSPS) is 18.5. The van der Waals surface area contributed by atoms with Gasteiger partial charge >= 0.3 is 0 Å². The fraction of sp³-hybridized carbons (Fsp3) is 0.364. The van der Waals surface area contributed by atoms with Crippen LogP contribution in [-0.4, -0.2) is 82.4 Å². The first-order valence-electron chi connectivity index (χ1n) is 14.4. The Hall–Kier alpha value is -4.09. The number of likely N-dealkylation sites (tertiary alicyclic amines) is 1. The topological polar surface area (TPSA) is 141 Å². The molecular formula is C33H39N3O7. The van der Waals surface area contributed by atoms with Crippen LogP contribution in [0.2, 0.25) is 0 Å². The predicted octanol–water partition coefficient (Wildman–Crippen LogP) is 2.65. The van der Waals surface area contributed by atoms with Gasteiger partial charge in [0.25, 0.3) is 5.91 Å². The number of amides is 2. The lowest BCUT2D eigenvalue weighted by Crippen LogP contribution is -2.56. The molecule has 1 aliphatic rings. The number of ether oxygens (including phenoxy) is 1. The number of benzene rings is 3. The Bertz CT molecular complexity index is 1320. The monoisotopic (exact) mass is 589 g/mol. The second-order valence-electron chi connectivity index (χ2n) is 10.5. The Balaban J connectivity index is 1.32. The molecular weight excluding hydrogens is 550 g/mol. The van der Waals surface area contributed by atoms with Gasteiger partial charge in [-0.1, -0.05) is 90.1 Å². The summed E-state index contributed by atoms with van der Waals surface area (Å²) in [4.78, 5) is 33.4. The third-order valence-electron chi connectivity index (χ3n) is 7.42. The minimum atomic E-state index is -1.81. The summed E-state index contributed by atoms with van der Waals surface area (Å²) >= 11 is 0. The van der Waals surface area contributed by atoms with Gasteiger partial charge < -0.3 is 35.1 Å². The van der Waals surface area contributed by atoms with E-state index in [0.29, 0.717) is 19.5 Å². The van der Waals surface area contributed by atoms with Gasteiger partial charge in [0.05, 0.1) is 6.21 Å². The molecule has 0 aromatic heterocycles. The van der Waals surface area contributed by atoms with Crippen LogP contribution in [0.25, 0.3) is 11.1 Å². The smallest absolute Gasteiger partial charge is 0.252 e. The molecule has 5 atom stereocenters. The van der Waals surface area contributed by atoms with Crippen LogP contribution in [0.15, 0.2) is 90.1 Å². The lowest BCUT2D eigenvalue weighted by Gasteiger charge is -2.29. The number of rotatable bonds is 13. The molecule has 4 N–H and O–H groups in total. The van der Waals surface area contributed by atoms with Crippen molar-refractivity contribution in [3.63, 3.8) is 0 Å². The lowest BCUT2D eigenvalue weighted by atomic mass is 10.0. The second-order valence-corrected chi connectivity index (χ2v) is 10.5. The fourth-order valence-electron chi connectivity index (χ4n) is 4.97. The van der Waals surface area contributed by atoms with E-state index in [1.54, 1.807) is 4.90 Å². The number of oxime groups is 1. The zero-order valence-electron chi connectivity index (χ0n) is 24.2. The van der Waals surface area contributed by atoms with E-state index in [1.165, 1.54) is 7.11 Å². The average Bonchev–Trinajstić information content (AvgIpc) is 3.20. The van der Waals surface area contributed by atoms with Crippen molar-refractivity contribution < 1.29 is 34.5 Å². The van der Waals surface area contributed by atoms with Crippen molar-refractivity contribution in [3.05, 3.63) is 96.1 Å². The Kier molecular flexibility index (Phi) is 11.8. The summed E-state index contributed by atoms with van der Waals surface area (Å²) in [6, 6.07) is 26.5. The minimum absolute atomic E-state index is 0.150. The molecule has 0 radical (unpaired) electrons. The molecule has 0 spiro atoms. The summed E-state index contributed by atoms with van der Waals surface area (Å²) in [5, 5.41) is 37.7. The molecule has 0 aliphatic carbocycles. The maximum absolute atomic E-state index is 13.4. The Labute approximate surface area is 251 Å². The average molecular weight is 590 g/mol. The molecule has 1 saturated heterocycles. The molecule has 0 saturated carbocycles. The van der Waals surface area contributed by atoms with E-state index in [0.717, 1.165) is 41.3 Å². The van der Waals surface area contributed by atoms with E-state index in [2.05, 4.69) is 10.5 Å². The van der Waals surface area contributed by atoms with Gasteiger partial charge in [0, 0.05) is 20.2 Å². The van der Waals surface area contributed by atoms with Crippen LogP contribution >= 0.6 is 0 Å². The van der Waals surface area contributed by atoms with E-state index in [9.17, 15) is 24.9 Å². The van der Waals surface area contributed by atoms with E-state index in [1.807, 2.05) is 84.9 Å². The maximum Gasteiger partial charge on any atom is 0.252 e. The van der Waals surface area contributed by atoms with Gasteiger partial charge in [-0.3, -0.25) is 9.59 Å². The van der Waals surface area contributed by atoms with Crippen LogP contribution < -0.4 is 5.32 Å². The van der Waals surface area contributed by atoms with E-state index in [-0.39, 0.29) is 12.5 Å². The van der Waals surface area contributed by atoms with Crippen LogP contribution in [-0.2, 0) is 32.3 Å². The largest absolute Gasteiger partial charge is 0.391 e. The third kappa shape index (κ3) is 8.95. The lowest BCUT2D eigenvalue weighted by molar-refractivity contribution is -0.151. The molecule has 10 heteroatoms. The van der Waals surface area contributed by atoms with E-state index >= 15 is 0 Å². The van der Waals surface area contributed by atoms with Gasteiger partial charge in [-0.25, -0.2) is 0 Å². The summed E-state index contributed by atoms with van der Waals surface area (Å²) in [5.41, 5.74) is 4.02. The number of nitrogens with one attached hydrogen (secondary N) is 1. The Morgan fingerprint density at radius 2 is 1.58 bits per heavy atom. The Morgan fingerprint density at radius 1 is 0.930 bits per heavy atom. The molecule has 3 aromatic carbocycles. The van der Waals surface area contributed by atoms with Crippen molar-refractivity contribution in [2.45, 2.75) is 62.9 Å². The molecule has 10 nitrogen and oxygen atoms in total. The highest BCUT2D eigenvalue weighted by Gasteiger charge is 2.38. The van der Waals surface area contributed by atoms with Gasteiger partial charge in [-0.05, 0) is 41.5 Å². The molecule has 43 heavy (non-hydrogen) atoms. The summed E-state index contributed by atoms with van der Waals surface area (Å²) in [5.74, 6) is -1.00. The summed E-state index contributed by atoms with van der Waals surface area (Å²) < 4.78 is 5.17. The number of hydrogen-bond donors (Lipinski definition) is 4. The maximum atomic E-state index is 13.4. The second kappa shape index (κ2) is 15.9. The number of nitrogens with zero attached hydrogens (tertiary/aromatic N) is 2. The van der Waals surface area contributed by atoms with Gasteiger partial charge in [0.1, 0.15) is 31.0 Å². The summed E-state index contributed by atoms with van der Waals surface area (Å²) in [7, 11) is 1.20. The first-order chi connectivity index (χ1) is 20.9. The first-order valence-corrected chi connectivity index (χ1v) is 14.4. The standard InChI is InChI=1S/C33H39N3O7/c1-42-31(30(39)29(38)28(37)20-34-43-22-24-10-4-2-5-11-24)32(40)35-27-14-8-9-19-36(33(27)41)21-23-15-17-26(18-16-23)25-12-6-3-7-13-25/h2-7,10-13,15-18,20,27-31,37-39H,8-9,14,19,21-22H2,1H3,(H,35,40)/t27?,28-,29+,30-,31-/m1/s1. The van der Waals surface area contributed by atoms with E-state index in [4.69, 9.17) is 9.57 Å². The zero-order chi connectivity index (χ0) is 30.6. The van der Waals surface area contributed by atoms with Crippen LogP contribution in [0, 0.1) is 0 Å². The first kappa shape index (κ1) is 31.8. The molecule has 1 aliphatic heterocycles. The molecule has 3 aromatic rings. The van der Waals surface area contributed by atoms with Crippen molar-refractivity contribution in [2.75, 3.05) is 13.7 Å². The van der Waals surface area contributed by atoms with Gasteiger partial charge in [-0.15, -0.1) is 0 Å². The van der Waals surface area contributed by atoms with Crippen LogP contribution in [0.3, 0.4) is 0 Å². The molecule has 4 rings (SSSR count). The number of carbonyl (C=O) groups is 2. The number of aliphatic hydroxyl groups excluding tert-OH is 3. The van der Waals surface area contributed by atoms with Crippen molar-refractivity contribution in [1.82, 2.24) is 10.2 Å². The molecule has 0 bridgehead atoms. The van der Waals surface area contributed by atoms with Crippen molar-refractivity contribution in [2.24, 2.45) is 5.16 Å². The van der Waals surface area contributed by atoms with Crippen LogP contribution in [0.4, 0.5) is 0 Å². The van der Waals surface area contributed by atoms with Crippen LogP contribution in [0.1, 0.15) is 30.4 Å². The highest BCUT2D eigenvalue weighted by molar-refractivity contribution is 5.90. The number of carbonyl (C=O) groups excluding carboxylic acids is 2. The summed E-state index contributed by atoms with van der Waals surface area (Å²) in [6.45, 7) is 1.10. The number of hydrogen-bond acceptors (Lipinski definition) is 8. The number of methoxy groups -OCH3 is 1. The molecule has 228 valence electrons. The van der Waals surface area contributed by atoms with Gasteiger partial charge in [0.15, 0.2) is 6.10 Å². The Morgan fingerprint density at radius 3 is 2.26 bits per heavy atom. The van der Waals surface area contributed by atoms with Crippen molar-refractivity contribution in [1.29, 1.82) is 0 Å². The van der Waals surface area contributed by atoms with Gasteiger partial charge in [-0.2, -0.15) is 0 Å². The minimum Gasteiger partial charge on any atom is -0.391 e. The fourth-order valence-corrected chi connectivity index (χ4v) is 4.97. The van der Waals surface area contributed by atoms with E-state index < -0.39 is 36.4 Å². The zero-order valence-corrected chi connectivity index (χ0v) is 24.2. The highest BCUT2D eigenvalue weighted by atomic mass is 16.6. The number of aliphatic hydroxyl groups is 3. The molecule has 1 unspecified atom stereocenters. The molecule has 1 heterocycles. The van der Waals surface area contributed by atoms with Gasteiger partial charge in [0.2, 0.25) is 5.91 Å². The SMILES string of the molecule is CO[C@@H](C(=O)NC1CCCCN(Cc2ccc(-c3ccccc3)cc2)C1=O)[C@H](O)[C@@H](O)[C@H](O)C=NOCc1ccccc1. The van der Waals surface area contributed by atoms with Crippen molar-refractivity contribution >= 4 is 18.0 Å². The van der Waals surface area contributed by atoms with Crippen LogP contribution in [0.5, 0.6) is 0 Å². The highest BCUT2D eigenvalue weighted by Crippen LogP contribution is 2.21.